The van der Waals surface area contributed by atoms with Crippen LogP contribution < -0.4 is 5.32 Å². The zero-order chi connectivity index (χ0) is 35.6. The molecule has 4 rings (SSSR count). The van der Waals surface area contributed by atoms with Crippen molar-refractivity contribution in [3.05, 3.63) is 0 Å². The van der Waals surface area contributed by atoms with Crippen molar-refractivity contribution in [1.82, 2.24) is 5.32 Å². The second kappa shape index (κ2) is 16.8. The fraction of sp³-hybridized carbons (Fsp3) is 0.962. The van der Waals surface area contributed by atoms with Crippen molar-refractivity contribution in [2.45, 2.75) is 130 Å². The van der Waals surface area contributed by atoms with Crippen molar-refractivity contribution in [3.63, 3.8) is 0 Å². The minimum atomic E-state index is -2.06. The van der Waals surface area contributed by atoms with Gasteiger partial charge in [-0.25, -0.2) is 0 Å². The number of aliphatic hydroxyl groups is 13. The first-order valence-electron chi connectivity index (χ1n) is 15.1. The Morgan fingerprint density at radius 2 is 0.917 bits per heavy atom. The van der Waals surface area contributed by atoms with Crippen LogP contribution in [0.15, 0.2) is 0 Å². The maximum atomic E-state index is 12.3. The molecule has 1 amide bonds. The molecule has 0 aromatic carbocycles. The van der Waals surface area contributed by atoms with Crippen molar-refractivity contribution < 1.29 is 104 Å². The maximum absolute atomic E-state index is 12.3. The van der Waals surface area contributed by atoms with Crippen molar-refractivity contribution in [1.29, 1.82) is 0 Å². The molecule has 4 aliphatic rings. The van der Waals surface area contributed by atoms with Gasteiger partial charge in [-0.05, 0) is 0 Å². The van der Waals surface area contributed by atoms with E-state index in [-0.39, 0.29) is 0 Å². The molecule has 0 unspecified atom stereocenters. The molecule has 4 saturated heterocycles. The lowest BCUT2D eigenvalue weighted by Crippen LogP contribution is -2.70. The lowest BCUT2D eigenvalue weighted by atomic mass is 9.94. The van der Waals surface area contributed by atoms with E-state index in [0.29, 0.717) is 0 Å². The molecule has 20 atom stereocenters. The van der Waals surface area contributed by atoms with Gasteiger partial charge >= 0.3 is 0 Å². The normalized spacial score (nSPS) is 50.2. The highest BCUT2D eigenvalue weighted by Gasteiger charge is 2.55. The molecule has 280 valence electrons. The van der Waals surface area contributed by atoms with E-state index in [0.717, 1.165) is 6.92 Å². The van der Waals surface area contributed by atoms with Gasteiger partial charge in [-0.3, -0.25) is 4.79 Å². The molecule has 0 spiro atoms. The molecule has 48 heavy (non-hydrogen) atoms. The monoisotopic (exact) mass is 707 g/mol. The quantitative estimate of drug-likeness (QED) is 0.0947. The van der Waals surface area contributed by atoms with Gasteiger partial charge in [0.2, 0.25) is 5.91 Å². The van der Waals surface area contributed by atoms with Gasteiger partial charge in [0.1, 0.15) is 97.6 Å². The first-order chi connectivity index (χ1) is 22.7. The average Bonchev–Trinajstić information content (AvgIpc) is 3.06. The topological polar surface area (TPSA) is 357 Å². The van der Waals surface area contributed by atoms with E-state index in [1.807, 2.05) is 0 Å². The number of ether oxygens (including phenoxy) is 7. The number of aliphatic hydroxyl groups excluding tert-OH is 13. The van der Waals surface area contributed by atoms with Gasteiger partial charge in [0.05, 0.1) is 26.4 Å². The molecule has 22 nitrogen and oxygen atoms in total. The molecule has 0 aromatic rings. The Morgan fingerprint density at radius 1 is 0.500 bits per heavy atom. The van der Waals surface area contributed by atoms with Crippen LogP contribution in [0.4, 0.5) is 0 Å². The van der Waals surface area contributed by atoms with Crippen molar-refractivity contribution >= 4 is 5.91 Å². The van der Waals surface area contributed by atoms with E-state index in [4.69, 9.17) is 33.2 Å². The summed E-state index contributed by atoms with van der Waals surface area (Å²) in [5, 5.41) is 136. The first kappa shape index (κ1) is 39.5. The van der Waals surface area contributed by atoms with Gasteiger partial charge in [0, 0.05) is 6.92 Å². The number of rotatable bonds is 11. The Morgan fingerprint density at radius 3 is 1.46 bits per heavy atom. The fourth-order valence-electron chi connectivity index (χ4n) is 5.92. The van der Waals surface area contributed by atoms with Crippen LogP contribution in [0.3, 0.4) is 0 Å². The fourth-order valence-corrected chi connectivity index (χ4v) is 5.92. The highest BCUT2D eigenvalue weighted by molar-refractivity contribution is 5.73. The summed E-state index contributed by atoms with van der Waals surface area (Å²) in [4.78, 5) is 12.3. The molecule has 0 radical (unpaired) electrons. The largest absolute Gasteiger partial charge is 0.394 e. The number of hydrogen-bond acceptors (Lipinski definition) is 21. The number of carbonyl (C=O) groups excluding carboxylic acids is 1. The molecular weight excluding hydrogens is 662 g/mol. The lowest BCUT2D eigenvalue weighted by Gasteiger charge is -2.50. The third kappa shape index (κ3) is 8.08. The Hall–Kier alpha value is -1.33. The van der Waals surface area contributed by atoms with E-state index >= 15 is 0 Å². The van der Waals surface area contributed by atoms with Crippen LogP contribution in [0, 0.1) is 0 Å². The van der Waals surface area contributed by atoms with Gasteiger partial charge in [0.15, 0.2) is 25.2 Å². The van der Waals surface area contributed by atoms with Gasteiger partial charge in [-0.15, -0.1) is 0 Å². The summed E-state index contributed by atoms with van der Waals surface area (Å²) in [6.45, 7) is -2.36. The average molecular weight is 708 g/mol. The van der Waals surface area contributed by atoms with Gasteiger partial charge in [0.25, 0.3) is 0 Å². The SMILES string of the molecule is CC(=O)N[C@H]1[C@H](O[C@H]2[C@@H](O)[C@H](O)[C@@H](CO)O[C@H]2O)O[C@H](CO)[C@@H](O)[C@@H]1O[C@@H]1O[C@H](CO)[C@H](O)[C@H](O[C@H]2O[C@H](CO)[C@H](O)[C@H](O)[C@H]2O)[C@H]1O. The Kier molecular flexibility index (Phi) is 13.8. The maximum Gasteiger partial charge on any atom is 0.217 e. The van der Waals surface area contributed by atoms with E-state index < -0.39 is 155 Å². The molecule has 0 aromatic heterocycles. The molecule has 4 heterocycles. The van der Waals surface area contributed by atoms with Crippen LogP contribution in [-0.4, -0.2) is 221 Å². The van der Waals surface area contributed by atoms with Gasteiger partial charge in [-0.2, -0.15) is 0 Å². The van der Waals surface area contributed by atoms with E-state index in [1.165, 1.54) is 0 Å². The van der Waals surface area contributed by atoms with Crippen molar-refractivity contribution in [2.75, 3.05) is 26.4 Å². The standard InChI is InChI=1S/C26H45NO21/c1-6(32)27-11-20(14(35)9(4-30)43-24(11)48-22-17(38)13(34)7(2-28)42-23(22)41)46-26-19(40)21(15(36)10(5-31)45-26)47-25-18(39)16(37)12(33)8(3-29)44-25/h7-26,28-31,33-41H,2-5H2,1H3,(H,27,32)/t7-,8-,9-,10-,11-,12+,13-,14-,15+,16+,17+,18-,19-,20-,21+,22+,23-,24+,25-,26+/m1/s1. The van der Waals surface area contributed by atoms with Crippen LogP contribution >= 0.6 is 0 Å². The minimum absolute atomic E-state index is 0.764. The van der Waals surface area contributed by atoms with Gasteiger partial charge < -0.3 is 105 Å². The summed E-state index contributed by atoms with van der Waals surface area (Å²) in [6.07, 6.45) is -33.9. The van der Waals surface area contributed by atoms with E-state index in [1.54, 1.807) is 0 Å². The molecule has 22 heteroatoms. The smallest absolute Gasteiger partial charge is 0.217 e. The zero-order valence-corrected chi connectivity index (χ0v) is 25.5. The molecule has 14 N–H and O–H groups in total. The summed E-state index contributed by atoms with van der Waals surface area (Å²) >= 11 is 0. The van der Waals surface area contributed by atoms with E-state index in [9.17, 15) is 71.2 Å². The third-order valence-electron chi connectivity index (χ3n) is 8.61. The zero-order valence-electron chi connectivity index (χ0n) is 25.5. The van der Waals surface area contributed by atoms with E-state index in [2.05, 4.69) is 5.32 Å². The highest BCUT2D eigenvalue weighted by Crippen LogP contribution is 2.34. The predicted octanol–water partition coefficient (Wildman–Crippen LogP) is -9.61. The summed E-state index contributed by atoms with van der Waals surface area (Å²) in [5.41, 5.74) is 0. The third-order valence-corrected chi connectivity index (χ3v) is 8.61. The molecule has 4 aliphatic heterocycles. The number of carbonyl (C=O) groups is 1. The Bertz CT molecular complexity index is 1030. The van der Waals surface area contributed by atoms with Crippen LogP contribution in [0.1, 0.15) is 6.92 Å². The van der Waals surface area contributed by atoms with Crippen molar-refractivity contribution in [2.24, 2.45) is 0 Å². The van der Waals surface area contributed by atoms with Crippen molar-refractivity contribution in [3.8, 4) is 0 Å². The highest BCUT2D eigenvalue weighted by atomic mass is 16.8. The molecule has 0 saturated carbocycles. The number of nitrogens with one attached hydrogen (secondary N) is 1. The molecule has 0 aliphatic carbocycles. The second-order valence-electron chi connectivity index (χ2n) is 11.9. The Labute approximate surface area is 272 Å². The summed E-state index contributed by atoms with van der Waals surface area (Å²) in [7, 11) is 0. The summed E-state index contributed by atoms with van der Waals surface area (Å²) in [6, 6.07) is -1.60. The molecular formula is C26H45NO21. The first-order valence-corrected chi connectivity index (χ1v) is 15.1. The summed E-state index contributed by atoms with van der Waals surface area (Å²) in [5.74, 6) is -0.764. The molecule has 4 fully saturated rings. The number of hydrogen-bond donors (Lipinski definition) is 14. The Balaban J connectivity index is 1.60. The lowest BCUT2D eigenvalue weighted by molar-refractivity contribution is -0.381. The van der Waals surface area contributed by atoms with Gasteiger partial charge in [-0.1, -0.05) is 0 Å². The summed E-state index contributed by atoms with van der Waals surface area (Å²) < 4.78 is 38.5. The van der Waals surface area contributed by atoms with Crippen LogP contribution in [0.2, 0.25) is 0 Å². The number of amides is 1. The molecule has 0 bridgehead atoms. The minimum Gasteiger partial charge on any atom is -0.394 e. The van der Waals surface area contributed by atoms with Crippen LogP contribution in [0.5, 0.6) is 0 Å². The van der Waals surface area contributed by atoms with Crippen LogP contribution in [0.25, 0.3) is 0 Å². The predicted molar refractivity (Wildman–Crippen MR) is 145 cm³/mol. The van der Waals surface area contributed by atoms with Crippen LogP contribution in [-0.2, 0) is 38.0 Å². The second-order valence-corrected chi connectivity index (χ2v) is 11.9.